The number of aryl methyl sites for hydroxylation is 1. The van der Waals surface area contributed by atoms with E-state index in [1.54, 1.807) is 13.8 Å². The summed E-state index contributed by atoms with van der Waals surface area (Å²) in [7, 11) is 1.36. The number of esters is 2. The zero-order valence-corrected chi connectivity index (χ0v) is 16.8. The molecule has 3 rings (SSSR count). The maximum absolute atomic E-state index is 12.6. The molecule has 0 amide bonds. The average Bonchev–Trinajstić information content (AvgIpc) is 2.97. The number of hydrogen-bond acceptors (Lipinski definition) is 7. The molecule has 0 fully saturated rings. The topological polar surface area (TPSA) is 68.2 Å². The number of benzene rings is 1. The van der Waals surface area contributed by atoms with Crippen molar-refractivity contribution in [2.45, 2.75) is 33.7 Å². The molecule has 0 aromatic heterocycles. The van der Waals surface area contributed by atoms with Crippen LogP contribution in [0.3, 0.4) is 0 Å². The van der Waals surface area contributed by atoms with E-state index in [1.807, 2.05) is 43.0 Å². The van der Waals surface area contributed by atoms with Crippen LogP contribution in [0.2, 0.25) is 0 Å². The summed E-state index contributed by atoms with van der Waals surface area (Å²) in [6.45, 7) is 7.72. The lowest BCUT2D eigenvalue weighted by molar-refractivity contribution is -0.138. The molecular formula is C20H22N2O4S. The van der Waals surface area contributed by atoms with E-state index in [9.17, 15) is 9.59 Å². The number of carbonyl (C=O) groups is 2. The molecule has 0 radical (unpaired) electrons. The van der Waals surface area contributed by atoms with E-state index in [-0.39, 0.29) is 5.97 Å². The van der Waals surface area contributed by atoms with Crippen LogP contribution in [0.1, 0.15) is 37.9 Å². The van der Waals surface area contributed by atoms with Gasteiger partial charge in [-0.15, -0.1) is 0 Å². The van der Waals surface area contributed by atoms with E-state index in [0.717, 1.165) is 16.8 Å². The van der Waals surface area contributed by atoms with Gasteiger partial charge in [-0.1, -0.05) is 29.8 Å². The smallest absolute Gasteiger partial charge is 0.346 e. The molecule has 0 N–H and O–H groups in total. The fourth-order valence-electron chi connectivity index (χ4n) is 3.20. The molecule has 0 saturated carbocycles. The lowest BCUT2D eigenvalue weighted by Crippen LogP contribution is -2.36. The third-order valence-electron chi connectivity index (χ3n) is 4.53. The number of methoxy groups -OCH3 is 1. The molecule has 0 bridgehead atoms. The second kappa shape index (κ2) is 7.60. The van der Waals surface area contributed by atoms with Crippen LogP contribution in [0, 0.1) is 6.92 Å². The van der Waals surface area contributed by atoms with Crippen molar-refractivity contribution in [2.24, 2.45) is 4.99 Å². The molecule has 2 heterocycles. The van der Waals surface area contributed by atoms with Crippen LogP contribution in [0.25, 0.3) is 0 Å². The van der Waals surface area contributed by atoms with Gasteiger partial charge in [0.1, 0.15) is 4.91 Å². The van der Waals surface area contributed by atoms with Crippen LogP contribution in [-0.2, 0) is 19.1 Å². The number of ether oxygens (including phenoxy) is 2. The third-order valence-corrected chi connectivity index (χ3v) is 5.67. The first kappa shape index (κ1) is 19.2. The van der Waals surface area contributed by atoms with Crippen molar-refractivity contribution in [1.82, 2.24) is 4.90 Å². The number of thioether (sulfide) groups is 1. The number of fused-ring (bicyclic) bond motifs is 1. The molecule has 0 unspecified atom stereocenters. The Kier molecular flexibility index (Phi) is 5.41. The molecule has 2 aliphatic heterocycles. The summed E-state index contributed by atoms with van der Waals surface area (Å²) in [4.78, 5) is 31.9. The molecule has 0 saturated heterocycles. The molecule has 6 nitrogen and oxygen atoms in total. The van der Waals surface area contributed by atoms with Crippen LogP contribution in [0.15, 0.2) is 51.1 Å². The minimum atomic E-state index is -0.428. The average molecular weight is 386 g/mol. The van der Waals surface area contributed by atoms with Crippen LogP contribution in [0.5, 0.6) is 0 Å². The van der Waals surface area contributed by atoms with Gasteiger partial charge >= 0.3 is 11.9 Å². The van der Waals surface area contributed by atoms with Gasteiger partial charge in [-0.05, 0) is 45.0 Å². The van der Waals surface area contributed by atoms with Gasteiger partial charge < -0.3 is 14.4 Å². The van der Waals surface area contributed by atoms with E-state index in [1.165, 1.54) is 18.9 Å². The lowest BCUT2D eigenvalue weighted by Gasteiger charge is -2.35. The van der Waals surface area contributed by atoms with Crippen molar-refractivity contribution in [3.63, 3.8) is 0 Å². The quantitative estimate of drug-likeness (QED) is 0.735. The number of aliphatic imine (C=N–C) groups is 1. The summed E-state index contributed by atoms with van der Waals surface area (Å²) in [6, 6.07) is 7.56. The van der Waals surface area contributed by atoms with E-state index in [2.05, 4.69) is 4.99 Å². The highest BCUT2D eigenvalue weighted by molar-refractivity contribution is 8.18. The first-order valence-corrected chi connectivity index (χ1v) is 9.50. The van der Waals surface area contributed by atoms with Crippen molar-refractivity contribution in [3.05, 3.63) is 57.3 Å². The van der Waals surface area contributed by atoms with Crippen molar-refractivity contribution in [1.29, 1.82) is 0 Å². The normalized spacial score (nSPS) is 19.1. The molecule has 27 heavy (non-hydrogen) atoms. The highest BCUT2D eigenvalue weighted by Crippen LogP contribution is 2.47. The fourth-order valence-corrected chi connectivity index (χ4v) is 4.29. The monoisotopic (exact) mass is 386 g/mol. The number of carbonyl (C=O) groups excluding carboxylic acids is 2. The predicted molar refractivity (Wildman–Crippen MR) is 105 cm³/mol. The molecule has 1 atom stereocenters. The standard InChI is InChI=1S/C20H22N2O4S/c1-6-26-19(24)17-13(4)22-16(14-9-7-11(2)8-10-14)15(18(23)25-5)12(3)21-20(22)27-17/h7-10,16H,6H2,1-5H3/t16-/m0/s1. The zero-order valence-electron chi connectivity index (χ0n) is 16.0. The van der Waals surface area contributed by atoms with Gasteiger partial charge in [0.2, 0.25) is 0 Å². The van der Waals surface area contributed by atoms with Crippen LogP contribution < -0.4 is 0 Å². The number of hydrogen-bond donors (Lipinski definition) is 0. The van der Waals surface area contributed by atoms with Gasteiger partial charge in [0.05, 0.1) is 31.0 Å². The Morgan fingerprint density at radius 1 is 1.15 bits per heavy atom. The Labute approximate surface area is 162 Å². The zero-order chi connectivity index (χ0) is 19.7. The summed E-state index contributed by atoms with van der Waals surface area (Å²) in [5, 5.41) is 0.659. The molecule has 142 valence electrons. The fraction of sp³-hybridized carbons (Fsp3) is 0.350. The van der Waals surface area contributed by atoms with Crippen LogP contribution in [-0.4, -0.2) is 35.7 Å². The van der Waals surface area contributed by atoms with Gasteiger partial charge in [-0.2, -0.15) is 0 Å². The summed E-state index contributed by atoms with van der Waals surface area (Å²) >= 11 is 1.27. The second-order valence-electron chi connectivity index (χ2n) is 6.31. The Morgan fingerprint density at radius 3 is 2.41 bits per heavy atom. The van der Waals surface area contributed by atoms with E-state index in [4.69, 9.17) is 9.47 Å². The van der Waals surface area contributed by atoms with E-state index < -0.39 is 12.0 Å². The lowest BCUT2D eigenvalue weighted by atomic mass is 9.93. The van der Waals surface area contributed by atoms with Gasteiger partial charge in [-0.25, -0.2) is 14.6 Å². The largest absolute Gasteiger partial charge is 0.466 e. The third kappa shape index (κ3) is 3.39. The summed E-state index contributed by atoms with van der Waals surface area (Å²) in [5.41, 5.74) is 3.83. The maximum Gasteiger partial charge on any atom is 0.346 e. The van der Waals surface area contributed by atoms with E-state index in [0.29, 0.717) is 27.9 Å². The van der Waals surface area contributed by atoms with Crippen molar-refractivity contribution >= 4 is 28.9 Å². The predicted octanol–water partition coefficient (Wildman–Crippen LogP) is 3.70. The number of rotatable bonds is 4. The molecule has 7 heteroatoms. The van der Waals surface area contributed by atoms with Gasteiger partial charge in [0.15, 0.2) is 5.17 Å². The molecule has 1 aromatic rings. The Bertz CT molecular complexity index is 884. The van der Waals surface area contributed by atoms with Gasteiger partial charge in [-0.3, -0.25) is 0 Å². The summed E-state index contributed by atoms with van der Waals surface area (Å²) in [6.07, 6.45) is 0. The van der Waals surface area contributed by atoms with Crippen molar-refractivity contribution in [2.75, 3.05) is 13.7 Å². The number of allylic oxidation sites excluding steroid dienone is 2. The van der Waals surface area contributed by atoms with Crippen LogP contribution in [0.4, 0.5) is 0 Å². The molecule has 0 spiro atoms. The van der Waals surface area contributed by atoms with E-state index >= 15 is 0 Å². The van der Waals surface area contributed by atoms with Crippen molar-refractivity contribution in [3.8, 4) is 0 Å². The summed E-state index contributed by atoms with van der Waals surface area (Å²) < 4.78 is 10.2. The molecule has 2 aliphatic rings. The summed E-state index contributed by atoms with van der Waals surface area (Å²) in [5.74, 6) is -0.805. The Morgan fingerprint density at radius 2 is 1.81 bits per heavy atom. The van der Waals surface area contributed by atoms with Crippen molar-refractivity contribution < 1.29 is 19.1 Å². The Balaban J connectivity index is 2.15. The molecule has 0 aliphatic carbocycles. The maximum atomic E-state index is 12.6. The minimum absolute atomic E-state index is 0.300. The minimum Gasteiger partial charge on any atom is -0.466 e. The van der Waals surface area contributed by atoms with Gasteiger partial charge in [0.25, 0.3) is 0 Å². The first-order chi connectivity index (χ1) is 12.9. The Hall–Kier alpha value is -2.54. The van der Waals surface area contributed by atoms with Gasteiger partial charge in [0, 0.05) is 5.70 Å². The SMILES string of the molecule is CCOC(=O)C1=C(C)N2C(=NC(C)=C(C(=O)OC)[C@@H]2c2ccc(C)cc2)S1. The van der Waals surface area contributed by atoms with Crippen LogP contribution >= 0.6 is 11.8 Å². The molecule has 1 aromatic carbocycles. The number of nitrogens with zero attached hydrogens (tertiary/aromatic N) is 2. The highest BCUT2D eigenvalue weighted by Gasteiger charge is 2.43. The second-order valence-corrected chi connectivity index (χ2v) is 7.28. The highest BCUT2D eigenvalue weighted by atomic mass is 32.2. The molecular weight excluding hydrogens is 364 g/mol. The first-order valence-electron chi connectivity index (χ1n) is 8.68. The number of amidine groups is 1.